The van der Waals surface area contributed by atoms with Gasteiger partial charge in [-0.1, -0.05) is 50.3 Å². The fourth-order valence-corrected chi connectivity index (χ4v) is 3.64. The zero-order valence-electron chi connectivity index (χ0n) is 10.9. The zero-order chi connectivity index (χ0) is 14.3. The molecule has 102 valence electrons. The van der Waals surface area contributed by atoms with Crippen molar-refractivity contribution in [3.05, 3.63) is 45.4 Å². The summed E-state index contributed by atoms with van der Waals surface area (Å²) in [5.74, 6) is -0.699. The van der Waals surface area contributed by atoms with Crippen molar-refractivity contribution in [2.75, 3.05) is 0 Å². The molecule has 0 heterocycles. The average molecular weight is 388 g/mol. The van der Waals surface area contributed by atoms with Crippen LogP contribution in [0.1, 0.15) is 19.4 Å². The van der Waals surface area contributed by atoms with Gasteiger partial charge in [0.15, 0.2) is 0 Å². The van der Waals surface area contributed by atoms with Crippen molar-refractivity contribution in [3.8, 4) is 0 Å². The number of aliphatic carboxylic acids is 1. The van der Waals surface area contributed by atoms with E-state index in [2.05, 4.69) is 31.9 Å². The second-order valence-corrected chi connectivity index (χ2v) is 8.37. The lowest BCUT2D eigenvalue weighted by Crippen LogP contribution is -2.24. The molecule has 0 aromatic heterocycles. The summed E-state index contributed by atoms with van der Waals surface area (Å²) >= 11 is 6.68. The SMILES string of the molecule is CC1(C)[C@@H](C=C(Br)Br)[C@@]1(Cc1ccccc1)C(=O)O. The van der Waals surface area contributed by atoms with Crippen LogP contribution in [0, 0.1) is 16.7 Å². The predicted molar refractivity (Wildman–Crippen MR) is 83.4 cm³/mol. The van der Waals surface area contributed by atoms with Crippen molar-refractivity contribution < 1.29 is 9.90 Å². The van der Waals surface area contributed by atoms with E-state index in [9.17, 15) is 9.90 Å². The van der Waals surface area contributed by atoms with Gasteiger partial charge in [-0.15, -0.1) is 0 Å². The molecule has 1 saturated carbocycles. The highest BCUT2D eigenvalue weighted by molar-refractivity contribution is 9.28. The maximum Gasteiger partial charge on any atom is 0.311 e. The van der Waals surface area contributed by atoms with E-state index in [0.717, 1.165) is 8.96 Å². The van der Waals surface area contributed by atoms with Gasteiger partial charge in [-0.3, -0.25) is 4.79 Å². The molecule has 0 amide bonds. The zero-order valence-corrected chi connectivity index (χ0v) is 14.0. The van der Waals surface area contributed by atoms with Crippen LogP contribution in [0.3, 0.4) is 0 Å². The van der Waals surface area contributed by atoms with Crippen molar-refractivity contribution in [3.63, 3.8) is 0 Å². The van der Waals surface area contributed by atoms with Crippen LogP contribution in [0.5, 0.6) is 0 Å². The van der Waals surface area contributed by atoms with Crippen molar-refractivity contribution in [1.82, 2.24) is 0 Å². The molecule has 0 unspecified atom stereocenters. The first-order chi connectivity index (χ1) is 8.82. The molecular formula is C15H16Br2O2. The number of carbonyl (C=O) groups is 1. The molecule has 1 aromatic carbocycles. The first-order valence-corrected chi connectivity index (χ1v) is 7.71. The summed E-state index contributed by atoms with van der Waals surface area (Å²) in [5.41, 5.74) is 0.0994. The molecule has 1 aliphatic carbocycles. The Morgan fingerprint density at radius 2 is 1.89 bits per heavy atom. The number of carboxylic acids is 1. The van der Waals surface area contributed by atoms with Crippen LogP contribution in [0.25, 0.3) is 0 Å². The Hall–Kier alpha value is -0.610. The molecular weight excluding hydrogens is 372 g/mol. The minimum absolute atomic E-state index is 0.0199. The number of hydrogen-bond donors (Lipinski definition) is 1. The fourth-order valence-electron chi connectivity index (χ4n) is 3.11. The summed E-state index contributed by atoms with van der Waals surface area (Å²) in [6.45, 7) is 4.04. The lowest BCUT2D eigenvalue weighted by molar-refractivity contribution is -0.145. The minimum atomic E-state index is -0.721. The maximum atomic E-state index is 11.8. The van der Waals surface area contributed by atoms with Gasteiger partial charge < -0.3 is 5.11 Å². The largest absolute Gasteiger partial charge is 0.481 e. The van der Waals surface area contributed by atoms with Crippen LogP contribution >= 0.6 is 31.9 Å². The summed E-state index contributed by atoms with van der Waals surface area (Å²) in [7, 11) is 0. The number of rotatable bonds is 4. The Morgan fingerprint density at radius 3 is 2.37 bits per heavy atom. The molecule has 19 heavy (non-hydrogen) atoms. The molecule has 2 atom stereocenters. The minimum Gasteiger partial charge on any atom is -0.481 e. The normalized spacial score (nSPS) is 27.7. The van der Waals surface area contributed by atoms with E-state index >= 15 is 0 Å². The average Bonchev–Trinajstić information content (AvgIpc) is 2.77. The summed E-state index contributed by atoms with van der Waals surface area (Å²) in [5, 5.41) is 9.72. The Labute approximate surface area is 130 Å². The lowest BCUT2D eigenvalue weighted by Gasteiger charge is -2.15. The molecule has 0 radical (unpaired) electrons. The molecule has 0 bridgehead atoms. The molecule has 1 aromatic rings. The molecule has 0 saturated heterocycles. The topological polar surface area (TPSA) is 37.3 Å². The summed E-state index contributed by atoms with van der Waals surface area (Å²) < 4.78 is 0.814. The molecule has 1 fully saturated rings. The number of benzene rings is 1. The Balaban J connectivity index is 2.36. The second-order valence-electron chi connectivity index (χ2n) is 5.59. The van der Waals surface area contributed by atoms with Crippen LogP contribution in [0.2, 0.25) is 0 Å². The number of halogens is 2. The van der Waals surface area contributed by atoms with Gasteiger partial charge in [0, 0.05) is 5.92 Å². The monoisotopic (exact) mass is 386 g/mol. The fraction of sp³-hybridized carbons (Fsp3) is 0.400. The van der Waals surface area contributed by atoms with Gasteiger partial charge in [0.1, 0.15) is 0 Å². The Morgan fingerprint density at radius 1 is 1.32 bits per heavy atom. The third-order valence-electron chi connectivity index (χ3n) is 4.37. The first-order valence-electron chi connectivity index (χ1n) is 6.12. The smallest absolute Gasteiger partial charge is 0.311 e. The van der Waals surface area contributed by atoms with E-state index in [4.69, 9.17) is 0 Å². The summed E-state index contributed by atoms with van der Waals surface area (Å²) in [6, 6.07) is 9.82. The quantitative estimate of drug-likeness (QED) is 0.820. The molecule has 0 aliphatic heterocycles. The Bertz CT molecular complexity index is 518. The van der Waals surface area contributed by atoms with Gasteiger partial charge in [0.25, 0.3) is 0 Å². The third kappa shape index (κ3) is 2.40. The maximum absolute atomic E-state index is 11.8. The van der Waals surface area contributed by atoms with E-state index in [1.54, 1.807) is 0 Å². The first kappa shape index (κ1) is 14.8. The van der Waals surface area contributed by atoms with Crippen LogP contribution in [0.15, 0.2) is 39.8 Å². The van der Waals surface area contributed by atoms with Gasteiger partial charge in [0.2, 0.25) is 0 Å². The van der Waals surface area contributed by atoms with Crippen molar-refractivity contribution in [2.45, 2.75) is 20.3 Å². The highest BCUT2D eigenvalue weighted by Crippen LogP contribution is 2.71. The van der Waals surface area contributed by atoms with Gasteiger partial charge in [0.05, 0.1) is 8.81 Å². The predicted octanol–water partition coefficient (Wildman–Crippen LogP) is 4.59. The highest BCUT2D eigenvalue weighted by atomic mass is 79.9. The van der Waals surface area contributed by atoms with E-state index in [0.29, 0.717) is 6.42 Å². The van der Waals surface area contributed by atoms with Crippen molar-refractivity contribution >= 4 is 37.8 Å². The molecule has 2 nitrogen and oxygen atoms in total. The number of carboxylic acid groups (broad SMARTS) is 1. The van der Waals surface area contributed by atoms with E-state index in [1.165, 1.54) is 0 Å². The van der Waals surface area contributed by atoms with Gasteiger partial charge in [-0.2, -0.15) is 0 Å². The van der Waals surface area contributed by atoms with Gasteiger partial charge in [-0.25, -0.2) is 0 Å². The molecule has 2 rings (SSSR count). The van der Waals surface area contributed by atoms with Crippen LogP contribution < -0.4 is 0 Å². The number of allylic oxidation sites excluding steroid dienone is 1. The second kappa shape index (κ2) is 5.06. The van der Waals surface area contributed by atoms with Crippen LogP contribution in [0.4, 0.5) is 0 Å². The van der Waals surface area contributed by atoms with Crippen molar-refractivity contribution in [1.29, 1.82) is 0 Å². The van der Waals surface area contributed by atoms with Gasteiger partial charge >= 0.3 is 5.97 Å². The van der Waals surface area contributed by atoms with Gasteiger partial charge in [-0.05, 0) is 49.3 Å². The summed E-state index contributed by atoms with van der Waals surface area (Å²) in [6.07, 6.45) is 2.52. The van der Waals surface area contributed by atoms with Crippen molar-refractivity contribution in [2.24, 2.45) is 16.7 Å². The van der Waals surface area contributed by atoms with E-state index in [-0.39, 0.29) is 11.3 Å². The highest BCUT2D eigenvalue weighted by Gasteiger charge is 2.74. The Kier molecular flexibility index (Phi) is 3.94. The summed E-state index contributed by atoms with van der Waals surface area (Å²) in [4.78, 5) is 11.8. The van der Waals surface area contributed by atoms with E-state index < -0.39 is 11.4 Å². The number of hydrogen-bond acceptors (Lipinski definition) is 1. The van der Waals surface area contributed by atoms with E-state index in [1.807, 2.05) is 50.3 Å². The lowest BCUT2D eigenvalue weighted by atomic mass is 9.88. The standard InChI is InChI=1S/C15H16Br2O2/c1-14(2)11(8-12(16)17)15(14,13(18)19)9-10-6-4-3-5-7-10/h3-8,11H,9H2,1-2H3,(H,18,19)/t11-,15+/m1/s1. The van der Waals surface area contributed by atoms with Crippen LogP contribution in [-0.2, 0) is 11.2 Å². The molecule has 1 N–H and O–H groups in total. The molecule has 0 spiro atoms. The third-order valence-corrected chi connectivity index (χ3v) is 4.90. The molecule has 4 heteroatoms. The molecule has 1 aliphatic rings. The van der Waals surface area contributed by atoms with Crippen LogP contribution in [-0.4, -0.2) is 11.1 Å².